The van der Waals surface area contributed by atoms with Crippen molar-refractivity contribution in [2.24, 2.45) is 0 Å². The van der Waals surface area contributed by atoms with Crippen molar-refractivity contribution in [3.63, 3.8) is 0 Å². The van der Waals surface area contributed by atoms with E-state index in [0.29, 0.717) is 166 Å². The van der Waals surface area contributed by atoms with E-state index in [2.05, 4.69) is 131 Å². The fraction of sp³-hybridized carbons (Fsp3) is 0.390. The molecule has 0 radical (unpaired) electrons. The van der Waals surface area contributed by atoms with Gasteiger partial charge >= 0.3 is 24.7 Å². The second-order valence-electron chi connectivity index (χ2n) is 34.8. The van der Waals surface area contributed by atoms with E-state index in [1.807, 2.05) is 115 Å². The summed E-state index contributed by atoms with van der Waals surface area (Å²) in [6.45, 7) is 9.86. The first-order chi connectivity index (χ1) is 64.9. The molecule has 20 nitrogen and oxygen atoms in total. The molecule has 10 aromatic carbocycles. The summed E-state index contributed by atoms with van der Waals surface area (Å²) in [7, 11) is 0. The van der Waals surface area contributed by atoms with Gasteiger partial charge in [-0.05, 0) is 146 Å². The fourth-order valence-electron chi connectivity index (χ4n) is 17.7. The minimum absolute atomic E-state index is 0.0104. The van der Waals surface area contributed by atoms with Gasteiger partial charge in [0.05, 0.1) is 36.7 Å². The van der Waals surface area contributed by atoms with E-state index >= 15 is 0 Å². The highest BCUT2D eigenvalue weighted by atomic mass is 79.9. The molecule has 2 atom stereocenters. The highest BCUT2D eigenvalue weighted by Gasteiger charge is 2.42. The van der Waals surface area contributed by atoms with Gasteiger partial charge in [-0.15, -0.1) is 34.8 Å². The Morgan fingerprint density at radius 1 is 0.346 bits per heavy atom. The van der Waals surface area contributed by atoms with E-state index < -0.39 is 62.8 Å². The van der Waals surface area contributed by atoms with Crippen LogP contribution in [-0.4, -0.2) is 242 Å². The summed E-state index contributed by atoms with van der Waals surface area (Å²) in [4.78, 5) is 96.1. The number of amides is 7. The molecule has 5 N–H and O–H groups in total. The number of piperidine rings is 2. The molecule has 724 valence electrons. The topological polar surface area (TPSA) is 206 Å². The maximum atomic E-state index is 13.4. The third-order valence-electron chi connectivity index (χ3n) is 24.7. The van der Waals surface area contributed by atoms with Crippen molar-refractivity contribution in [1.29, 1.82) is 0 Å². The highest BCUT2D eigenvalue weighted by molar-refractivity contribution is 9.10. The van der Waals surface area contributed by atoms with Gasteiger partial charge in [-0.1, -0.05) is 168 Å². The first kappa shape index (κ1) is 103. The molecule has 9 aliphatic rings. The van der Waals surface area contributed by atoms with E-state index in [1.165, 1.54) is 52.1 Å². The van der Waals surface area contributed by atoms with Crippen LogP contribution in [0.1, 0.15) is 118 Å². The van der Waals surface area contributed by atoms with Gasteiger partial charge in [0.2, 0.25) is 23.6 Å². The lowest BCUT2D eigenvalue weighted by molar-refractivity contribution is -0.150. The molecule has 9 heterocycles. The number of halogens is 16. The summed E-state index contributed by atoms with van der Waals surface area (Å²) in [6.07, 6.45) is -13.5. The maximum absolute atomic E-state index is 13.4. The molecule has 0 aliphatic carbocycles. The normalized spacial score (nSPS) is 18.5. The molecule has 19 rings (SSSR count). The van der Waals surface area contributed by atoms with E-state index in [9.17, 15) is 86.2 Å². The zero-order valence-electron chi connectivity index (χ0n) is 74.7. The van der Waals surface area contributed by atoms with Gasteiger partial charge in [0.15, 0.2) is 0 Å². The van der Waals surface area contributed by atoms with Gasteiger partial charge < -0.3 is 16.0 Å². The van der Waals surface area contributed by atoms with Crippen LogP contribution in [-0.2, 0) is 69.3 Å². The Morgan fingerprint density at radius 2 is 0.676 bits per heavy atom. The highest BCUT2D eigenvalue weighted by Crippen LogP contribution is 2.43. The number of alkyl halides is 16. The molecular weight excluding hydrogens is 1910 g/mol. The third-order valence-corrected chi connectivity index (χ3v) is 26.5. The van der Waals surface area contributed by atoms with Crippen molar-refractivity contribution in [2.75, 3.05) is 146 Å². The van der Waals surface area contributed by atoms with Crippen LogP contribution in [0, 0.1) is 6.92 Å². The van der Waals surface area contributed by atoms with Crippen LogP contribution in [0.3, 0.4) is 0 Å². The van der Waals surface area contributed by atoms with Crippen LogP contribution < -0.4 is 31.5 Å². The van der Waals surface area contributed by atoms with Gasteiger partial charge in [0.1, 0.15) is 6.04 Å². The van der Waals surface area contributed by atoms with Crippen molar-refractivity contribution in [3.8, 4) is 0 Å². The van der Waals surface area contributed by atoms with Crippen molar-refractivity contribution in [1.82, 2.24) is 50.2 Å². The van der Waals surface area contributed by atoms with Gasteiger partial charge in [0.25, 0.3) is 17.7 Å². The first-order valence-corrected chi connectivity index (χ1v) is 47.3. The lowest BCUT2D eigenvalue weighted by atomic mass is 9.95. The lowest BCUT2D eigenvalue weighted by Crippen LogP contribution is -2.53. The molecule has 9 aliphatic heterocycles. The molecule has 0 spiro atoms. The number of carbonyl (C=O) groups excluding carboxylic acids is 7. The molecular formula is C100H105BrCl3F12N13O7. The number of carbonyl (C=O) groups is 7. The smallest absolute Gasteiger partial charge is 0.321 e. The molecule has 2 unspecified atom stereocenters. The van der Waals surface area contributed by atoms with E-state index in [4.69, 9.17) is 34.8 Å². The summed E-state index contributed by atoms with van der Waals surface area (Å²) in [5.41, 5.74) is 17.1. The summed E-state index contributed by atoms with van der Waals surface area (Å²) in [5, 5.41) is 19.4. The average Bonchev–Trinajstić information content (AvgIpc) is 1.57. The van der Waals surface area contributed by atoms with Crippen LogP contribution in [0.5, 0.6) is 0 Å². The summed E-state index contributed by atoms with van der Waals surface area (Å²) in [5.74, 6) is 0.223. The number of hydrogen-bond acceptors (Lipinski definition) is 15. The van der Waals surface area contributed by atoms with Crippen LogP contribution in [0.4, 0.5) is 69.7 Å². The van der Waals surface area contributed by atoms with Crippen LogP contribution in [0.25, 0.3) is 32.3 Å². The maximum Gasteiger partial charge on any atom is 0.401 e. The predicted molar refractivity (Wildman–Crippen MR) is 509 cm³/mol. The largest absolute Gasteiger partial charge is 0.401 e. The number of hydrogen-bond donors (Lipinski definition) is 5. The summed E-state index contributed by atoms with van der Waals surface area (Å²) >= 11 is 20.0. The van der Waals surface area contributed by atoms with Crippen molar-refractivity contribution < 1.29 is 86.2 Å². The van der Waals surface area contributed by atoms with Gasteiger partial charge in [-0.2, -0.15) is 52.7 Å². The predicted octanol–water partition coefficient (Wildman–Crippen LogP) is 18.2. The molecule has 0 saturated carbocycles. The summed E-state index contributed by atoms with van der Waals surface area (Å²) in [6, 6.07) is 61.2. The van der Waals surface area contributed by atoms with Crippen molar-refractivity contribution in [3.05, 3.63) is 266 Å². The third kappa shape index (κ3) is 29.2. The second-order valence-corrected chi connectivity index (χ2v) is 36.7. The molecule has 6 fully saturated rings. The number of aryl methyl sites for hydroxylation is 1. The molecule has 10 aromatic rings. The number of piperazine rings is 4. The molecule has 0 aromatic heterocycles. The molecule has 7 amide bonds. The number of anilines is 3. The zero-order chi connectivity index (χ0) is 97.2. The Balaban J connectivity index is 0.000000144. The van der Waals surface area contributed by atoms with Crippen LogP contribution in [0.15, 0.2) is 188 Å². The first-order valence-electron chi connectivity index (χ1n) is 44.8. The van der Waals surface area contributed by atoms with Crippen molar-refractivity contribution >= 4 is 141 Å². The van der Waals surface area contributed by atoms with E-state index in [1.54, 1.807) is 6.07 Å². The SMILES string of the molecule is Cc1ccc2c3c(cccc13)C(=O)N2.ClCc1ccc(CCl)cc1.FC(F)(F)CN1CCN(Cc2ccc(CCl)cc2)CC1.FC(F)(F)CN1CCNCC1.O=C1CCC(Br)C(=O)N1.O=C1CCC(N2C(=O)c3cccc4c(Cc5ccc(CN6CCN(CC(F)(F)F)CC6)cc5)ccc2c34)C(=O)N1.O=C1Nc2ccc(Cc3ccc(CN4CCN(CC(F)(F)F)CC4)cc3)c3cccc1c23. The van der Waals surface area contributed by atoms with Gasteiger partial charge in [-0.3, -0.25) is 83.4 Å². The van der Waals surface area contributed by atoms with Gasteiger partial charge in [0, 0.05) is 199 Å². The molecule has 0 bridgehead atoms. The average molecular weight is 2020 g/mol. The van der Waals surface area contributed by atoms with Gasteiger partial charge in [-0.25, -0.2) is 0 Å². The van der Waals surface area contributed by atoms with E-state index in [-0.39, 0.29) is 46.7 Å². The molecule has 136 heavy (non-hydrogen) atoms. The number of benzene rings is 10. The Kier molecular flexibility index (Phi) is 35.7. The Hall–Kier alpha value is -10.1. The Morgan fingerprint density at radius 3 is 1.06 bits per heavy atom. The Bertz CT molecular complexity index is 5820. The molecule has 36 heteroatoms. The van der Waals surface area contributed by atoms with Crippen LogP contribution >= 0.6 is 50.7 Å². The summed E-state index contributed by atoms with van der Waals surface area (Å²) < 4.78 is 148. The minimum Gasteiger partial charge on any atom is -0.321 e. The van der Waals surface area contributed by atoms with E-state index in [0.717, 1.165) is 108 Å². The second kappa shape index (κ2) is 47.0. The zero-order valence-corrected chi connectivity index (χ0v) is 78.5. The van der Waals surface area contributed by atoms with Crippen molar-refractivity contribution in [2.45, 2.75) is 118 Å². The quantitative estimate of drug-likeness (QED) is 0.0308. The number of nitrogens with zero attached hydrogens (tertiary/aromatic N) is 8. The standard InChI is InChI=1S/C30H29F3N4O3.C25H24F3N3O.C14H18ClF3N2.C12H9NO.C8H8Cl2.C6H11F3N2.C5H6BrNO2/c31-30(32,33)18-36-14-12-35(13-15-36)17-20-6-4-19(5-7-20)16-21-8-9-24-27-22(21)2-1-3-23(27)29(40)37(24)25-10-11-26(38)34-28(25)39;26-25(27,28)16-31-12-10-30(11-13-31)15-18-6-4-17(5-7-18)14-19-8-9-22-23-20(19)2-1-3-21(23)24(32)29-22;15-9-12-1-3-13(4-2-12)10-19-5-7-20(8-6-19)11-14(16,17)18;1-7-5-6-10-11-8(7)3-2-4-9(11)12(14)13-10;9-5-7-1-2-8(6-10)4-3-7;7-6(8,9)5-11-3-1-10-2-4-11;6-3-1-2-4(8)7-5(3)9/h1-9,25H,10-18H2,(H,34,38,39);1-9H,10-16H2,(H,29,32);1-4H,5-11H2;2-6H,1H3,(H,13,14);1-4H,5-6H2;10H,1-5H2;3H,1-2H2,(H,7,8,9). The Labute approximate surface area is 803 Å². The fourth-order valence-corrected chi connectivity index (χ4v) is 18.5. The molecule has 6 saturated heterocycles. The lowest BCUT2D eigenvalue weighted by Gasteiger charge is -2.35. The monoisotopic (exact) mass is 2010 g/mol. The van der Waals surface area contributed by atoms with Crippen LogP contribution in [0.2, 0.25) is 0 Å². The number of rotatable bonds is 18. The minimum atomic E-state index is -4.16. The number of nitrogens with one attached hydrogen (secondary N) is 5. The number of imide groups is 2.